The zero-order chi connectivity index (χ0) is 6.97. The highest BCUT2D eigenvalue weighted by Crippen LogP contribution is 2.02. The molecule has 0 radical (unpaired) electrons. The maximum absolute atomic E-state index is 4.90. The van der Waals surface area contributed by atoms with Gasteiger partial charge in [0.1, 0.15) is 0 Å². The Morgan fingerprint density at radius 2 is 2.60 bits per heavy atom. The molecule has 0 aliphatic carbocycles. The maximum Gasteiger partial charge on any atom is 0.267 e. The lowest BCUT2D eigenvalue weighted by molar-refractivity contribution is 0.374. The van der Waals surface area contributed by atoms with Crippen molar-refractivity contribution in [2.75, 3.05) is 0 Å². The smallest absolute Gasteiger partial charge is 0.267 e. The molecule has 0 unspecified atom stereocenters. The van der Waals surface area contributed by atoms with Crippen LogP contribution in [0.3, 0.4) is 0 Å². The van der Waals surface area contributed by atoms with E-state index in [1.54, 1.807) is 12.3 Å². The minimum Gasteiger partial charge on any atom is -0.360 e. The Morgan fingerprint density at radius 3 is 3.30 bits per heavy atom. The standard InChI is InChI=1S/C6H5N3O/c1-2-5-3-9-6(8-5)7-4-10-9/h2-4H,1H2. The van der Waals surface area contributed by atoms with Gasteiger partial charge in [0.2, 0.25) is 6.39 Å². The molecule has 0 aliphatic heterocycles. The predicted molar refractivity (Wildman–Crippen MR) is 35.3 cm³/mol. The van der Waals surface area contributed by atoms with Crippen LogP contribution in [0.15, 0.2) is 23.7 Å². The monoisotopic (exact) mass is 135 g/mol. The summed E-state index contributed by atoms with van der Waals surface area (Å²) < 4.78 is 6.38. The summed E-state index contributed by atoms with van der Waals surface area (Å²) in [7, 11) is 0. The van der Waals surface area contributed by atoms with E-state index >= 15 is 0 Å². The lowest BCUT2D eigenvalue weighted by atomic mass is 10.5. The Labute approximate surface area is 56.8 Å². The Bertz CT molecular complexity index is 331. The molecule has 4 heteroatoms. The molecule has 50 valence electrons. The second-order valence-corrected chi connectivity index (χ2v) is 1.84. The molecular weight excluding hydrogens is 130 g/mol. The summed E-state index contributed by atoms with van der Waals surface area (Å²) in [4.78, 5) is 7.86. The van der Waals surface area contributed by atoms with Crippen molar-refractivity contribution in [3.05, 3.63) is 24.9 Å². The molecule has 0 bridgehead atoms. The van der Waals surface area contributed by atoms with Gasteiger partial charge >= 0.3 is 0 Å². The molecule has 0 amide bonds. The fourth-order valence-corrected chi connectivity index (χ4v) is 0.755. The molecule has 0 fully saturated rings. The van der Waals surface area contributed by atoms with E-state index in [0.717, 1.165) is 5.69 Å². The lowest BCUT2D eigenvalue weighted by Gasteiger charge is -1.73. The highest BCUT2D eigenvalue weighted by atomic mass is 16.5. The SMILES string of the molecule is C=Cc1cn2ocnc2n1. The zero-order valence-electron chi connectivity index (χ0n) is 5.19. The first kappa shape index (κ1) is 5.22. The summed E-state index contributed by atoms with van der Waals surface area (Å²) in [5.41, 5.74) is 0.770. The van der Waals surface area contributed by atoms with Gasteiger partial charge in [0.15, 0.2) is 0 Å². The summed E-state index contributed by atoms with van der Waals surface area (Å²) >= 11 is 0. The summed E-state index contributed by atoms with van der Waals surface area (Å²) in [6.45, 7) is 3.56. The number of nitrogens with zero attached hydrogens (tertiary/aromatic N) is 3. The van der Waals surface area contributed by atoms with Crippen LogP contribution in [-0.4, -0.2) is 14.5 Å². The highest BCUT2D eigenvalue weighted by Gasteiger charge is 1.99. The summed E-state index contributed by atoms with van der Waals surface area (Å²) in [5.74, 6) is 0.565. The number of aromatic nitrogens is 3. The lowest BCUT2D eigenvalue weighted by Crippen LogP contribution is -1.70. The maximum atomic E-state index is 4.90. The number of imidazole rings is 1. The Morgan fingerprint density at radius 1 is 1.70 bits per heavy atom. The first-order valence-corrected chi connectivity index (χ1v) is 2.81. The van der Waals surface area contributed by atoms with E-state index in [9.17, 15) is 0 Å². The molecule has 0 saturated carbocycles. The summed E-state index contributed by atoms with van der Waals surface area (Å²) in [5, 5.41) is 0. The van der Waals surface area contributed by atoms with Crippen molar-refractivity contribution in [2.24, 2.45) is 0 Å². The van der Waals surface area contributed by atoms with Crippen LogP contribution in [0.5, 0.6) is 0 Å². The summed E-state index contributed by atoms with van der Waals surface area (Å²) in [6, 6.07) is 0. The topological polar surface area (TPSA) is 43.3 Å². The van der Waals surface area contributed by atoms with Crippen LogP contribution in [0, 0.1) is 0 Å². The molecule has 2 aromatic rings. The second kappa shape index (κ2) is 1.70. The van der Waals surface area contributed by atoms with Crippen molar-refractivity contribution in [2.45, 2.75) is 0 Å². The van der Waals surface area contributed by atoms with E-state index < -0.39 is 0 Å². The van der Waals surface area contributed by atoms with Gasteiger partial charge in [0.05, 0.1) is 11.9 Å². The van der Waals surface area contributed by atoms with E-state index in [0.29, 0.717) is 5.78 Å². The minimum absolute atomic E-state index is 0.565. The van der Waals surface area contributed by atoms with Gasteiger partial charge in [-0.3, -0.25) is 0 Å². The molecule has 0 saturated heterocycles. The van der Waals surface area contributed by atoms with Gasteiger partial charge in [-0.05, 0) is 6.08 Å². The molecule has 2 heterocycles. The summed E-state index contributed by atoms with van der Waals surface area (Å²) in [6.07, 6.45) is 4.70. The van der Waals surface area contributed by atoms with Crippen LogP contribution < -0.4 is 0 Å². The third kappa shape index (κ3) is 0.556. The molecule has 0 spiro atoms. The number of rotatable bonds is 1. The fourth-order valence-electron chi connectivity index (χ4n) is 0.755. The van der Waals surface area contributed by atoms with Crippen molar-refractivity contribution >= 4 is 11.9 Å². The van der Waals surface area contributed by atoms with Crippen LogP contribution >= 0.6 is 0 Å². The molecule has 0 aromatic carbocycles. The molecule has 10 heavy (non-hydrogen) atoms. The largest absolute Gasteiger partial charge is 0.360 e. The van der Waals surface area contributed by atoms with Gasteiger partial charge < -0.3 is 4.52 Å². The van der Waals surface area contributed by atoms with E-state index in [1.807, 2.05) is 0 Å². The van der Waals surface area contributed by atoms with Crippen LogP contribution in [0.4, 0.5) is 0 Å². The predicted octanol–water partition coefficient (Wildman–Crippen LogP) is 0.965. The molecule has 4 nitrogen and oxygen atoms in total. The van der Waals surface area contributed by atoms with Crippen LogP contribution in [-0.2, 0) is 0 Å². The van der Waals surface area contributed by atoms with E-state index in [2.05, 4.69) is 16.5 Å². The number of hydrogen-bond donors (Lipinski definition) is 0. The van der Waals surface area contributed by atoms with Crippen molar-refractivity contribution in [3.63, 3.8) is 0 Å². The van der Waals surface area contributed by atoms with Crippen LogP contribution in [0.2, 0.25) is 0 Å². The van der Waals surface area contributed by atoms with Gasteiger partial charge in [0.25, 0.3) is 5.78 Å². The van der Waals surface area contributed by atoms with Gasteiger partial charge in [0, 0.05) is 0 Å². The quantitative estimate of drug-likeness (QED) is 0.585. The molecular formula is C6H5N3O. The Balaban J connectivity index is 2.78. The molecule has 2 aromatic heterocycles. The zero-order valence-corrected chi connectivity index (χ0v) is 5.19. The molecule has 2 rings (SSSR count). The van der Waals surface area contributed by atoms with Crippen LogP contribution in [0.25, 0.3) is 11.9 Å². The van der Waals surface area contributed by atoms with Crippen molar-refractivity contribution in [3.8, 4) is 0 Å². The fraction of sp³-hybridized carbons (Fsp3) is 0. The van der Waals surface area contributed by atoms with Crippen molar-refractivity contribution in [1.82, 2.24) is 14.5 Å². The molecule has 0 N–H and O–H groups in total. The first-order valence-electron chi connectivity index (χ1n) is 2.81. The van der Waals surface area contributed by atoms with Crippen molar-refractivity contribution < 1.29 is 4.52 Å². The van der Waals surface area contributed by atoms with Gasteiger partial charge in [-0.15, -0.1) is 4.57 Å². The molecule has 0 atom stereocenters. The van der Waals surface area contributed by atoms with Gasteiger partial charge in [-0.2, -0.15) is 4.98 Å². The second-order valence-electron chi connectivity index (χ2n) is 1.84. The van der Waals surface area contributed by atoms with Crippen molar-refractivity contribution in [1.29, 1.82) is 0 Å². The van der Waals surface area contributed by atoms with Crippen LogP contribution in [0.1, 0.15) is 5.69 Å². The number of fused-ring (bicyclic) bond motifs is 1. The van der Waals surface area contributed by atoms with Gasteiger partial charge in [-0.1, -0.05) is 6.58 Å². The Kier molecular flexibility index (Phi) is 0.887. The normalized spacial score (nSPS) is 10.4. The average Bonchev–Trinajstić information content (AvgIpc) is 2.42. The third-order valence-corrected chi connectivity index (χ3v) is 1.21. The Hall–Kier alpha value is -1.58. The third-order valence-electron chi connectivity index (χ3n) is 1.21. The van der Waals surface area contributed by atoms with E-state index in [1.165, 1.54) is 11.0 Å². The number of hydrogen-bond acceptors (Lipinski definition) is 3. The first-order chi connectivity index (χ1) is 4.90. The average molecular weight is 135 g/mol. The van der Waals surface area contributed by atoms with E-state index in [-0.39, 0.29) is 0 Å². The molecule has 0 aliphatic rings. The van der Waals surface area contributed by atoms with Gasteiger partial charge in [-0.25, -0.2) is 4.98 Å². The minimum atomic E-state index is 0.565. The van der Waals surface area contributed by atoms with E-state index in [4.69, 9.17) is 4.52 Å². The highest BCUT2D eigenvalue weighted by molar-refractivity contribution is 5.44.